The number of fused-ring (bicyclic) bond motifs is 2. The molecule has 7 rings (SSSR count). The number of hydrogen-bond donors (Lipinski definition) is 0. The van der Waals surface area contributed by atoms with Crippen molar-refractivity contribution < 1.29 is 0 Å². The summed E-state index contributed by atoms with van der Waals surface area (Å²) >= 11 is 0. The maximum atomic E-state index is 4.63. The molecule has 6 aromatic carbocycles. The SMILES string of the molecule is C=C(/C=C/C(=C/C=C(/C)C(C)(CC)c1c(C)ccc2ccccc12)c1ccccc1)C(C)(C)c1c(C)ccc2c1C=CCC2.C=Cc1ccccc1.CCc1ccccc1. The molecular formula is C60H66. The minimum Gasteiger partial charge on any atom is -0.0985 e. The van der Waals surface area contributed by atoms with Crippen LogP contribution in [0.5, 0.6) is 0 Å². The Labute approximate surface area is 363 Å². The third-order valence-corrected chi connectivity index (χ3v) is 12.5. The number of aryl methyl sites for hydroxylation is 4. The molecule has 0 saturated carbocycles. The number of hydrogen-bond acceptors (Lipinski definition) is 0. The van der Waals surface area contributed by atoms with E-state index in [0.717, 1.165) is 31.3 Å². The Balaban J connectivity index is 0.000000353. The quantitative estimate of drug-likeness (QED) is 0.115. The van der Waals surface area contributed by atoms with E-state index in [0.29, 0.717) is 0 Å². The molecule has 0 radical (unpaired) electrons. The molecule has 0 aliphatic heterocycles. The molecule has 0 bridgehead atoms. The lowest BCUT2D eigenvalue weighted by Gasteiger charge is -2.33. The maximum absolute atomic E-state index is 4.63. The van der Waals surface area contributed by atoms with Gasteiger partial charge in [0.25, 0.3) is 0 Å². The van der Waals surface area contributed by atoms with Crippen molar-refractivity contribution in [3.63, 3.8) is 0 Å². The third kappa shape index (κ3) is 11.0. The highest BCUT2D eigenvalue weighted by molar-refractivity contribution is 5.88. The van der Waals surface area contributed by atoms with E-state index in [9.17, 15) is 0 Å². The summed E-state index contributed by atoms with van der Waals surface area (Å²) in [6.07, 6.45) is 20.0. The van der Waals surface area contributed by atoms with Crippen LogP contribution in [0.2, 0.25) is 0 Å². The lowest BCUT2D eigenvalue weighted by Crippen LogP contribution is -2.24. The molecule has 0 nitrogen and oxygen atoms in total. The zero-order chi connectivity index (χ0) is 43.1. The number of allylic oxidation sites excluding steroid dienone is 8. The molecular weight excluding hydrogens is 721 g/mol. The van der Waals surface area contributed by atoms with Gasteiger partial charge in [-0.05, 0) is 118 Å². The van der Waals surface area contributed by atoms with Gasteiger partial charge in [0.05, 0.1) is 0 Å². The highest BCUT2D eigenvalue weighted by Crippen LogP contribution is 2.42. The first-order chi connectivity index (χ1) is 28.9. The van der Waals surface area contributed by atoms with E-state index in [2.05, 4.69) is 208 Å². The van der Waals surface area contributed by atoms with E-state index in [-0.39, 0.29) is 10.8 Å². The van der Waals surface area contributed by atoms with Crippen LogP contribution in [0.1, 0.15) is 104 Å². The van der Waals surface area contributed by atoms with E-state index in [1.165, 1.54) is 72.0 Å². The van der Waals surface area contributed by atoms with E-state index < -0.39 is 0 Å². The molecule has 0 heteroatoms. The van der Waals surface area contributed by atoms with Gasteiger partial charge in [0.15, 0.2) is 0 Å². The molecule has 1 atom stereocenters. The summed E-state index contributed by atoms with van der Waals surface area (Å²) in [5.74, 6) is 0. The molecule has 0 aromatic heterocycles. The average molecular weight is 787 g/mol. The van der Waals surface area contributed by atoms with Crippen LogP contribution >= 0.6 is 0 Å². The standard InChI is InChI=1S/C44H48.C8H10.C8H8/c1-9-44(8,42-32(3)24-28-38-20-14-16-22-40(38)42)34(5)26-30-36(35-17-11-10-12-18-35)29-25-33(4)43(6,7)41-31(2)23-27-37-19-13-15-21-39(37)41;2*1-2-8-6-4-3-5-7-8/h10-12,14-18,20-30H,4,9,13,19H2,1-3,5-8H3;3-7H,2H2,1H3;2-7H,1H2/b29-25+,34-26-,36-30-;;. The molecule has 0 amide bonds. The predicted octanol–water partition coefficient (Wildman–Crippen LogP) is 16.8. The first kappa shape index (κ1) is 45.1. The Morgan fingerprint density at radius 2 is 1.27 bits per heavy atom. The second kappa shape index (κ2) is 21.3. The van der Waals surface area contributed by atoms with E-state index in [1.807, 2.05) is 42.5 Å². The second-order valence-corrected chi connectivity index (χ2v) is 16.7. The van der Waals surface area contributed by atoms with E-state index in [4.69, 9.17) is 0 Å². The first-order valence-corrected chi connectivity index (χ1v) is 21.8. The fourth-order valence-corrected chi connectivity index (χ4v) is 8.35. The molecule has 1 aliphatic carbocycles. The van der Waals surface area contributed by atoms with Crippen molar-refractivity contribution >= 4 is 28.5 Å². The van der Waals surface area contributed by atoms with Crippen molar-refractivity contribution in [2.24, 2.45) is 0 Å². The van der Waals surface area contributed by atoms with Gasteiger partial charge in [-0.25, -0.2) is 0 Å². The number of rotatable bonds is 11. The van der Waals surface area contributed by atoms with E-state index >= 15 is 0 Å². The molecule has 60 heavy (non-hydrogen) atoms. The summed E-state index contributed by atoms with van der Waals surface area (Å²) in [5.41, 5.74) is 15.5. The van der Waals surface area contributed by atoms with Gasteiger partial charge < -0.3 is 0 Å². The highest BCUT2D eigenvalue weighted by Gasteiger charge is 2.30. The topological polar surface area (TPSA) is 0 Å². The van der Waals surface area contributed by atoms with Crippen LogP contribution in [0, 0.1) is 13.8 Å². The lowest BCUT2D eigenvalue weighted by atomic mass is 9.71. The smallest absolute Gasteiger partial charge is 0.0149 e. The lowest BCUT2D eigenvalue weighted by molar-refractivity contribution is 0.538. The molecule has 0 N–H and O–H groups in total. The van der Waals surface area contributed by atoms with Crippen LogP contribution in [-0.2, 0) is 23.7 Å². The van der Waals surface area contributed by atoms with Gasteiger partial charge in [0.1, 0.15) is 0 Å². The molecule has 0 heterocycles. The van der Waals surface area contributed by atoms with Gasteiger partial charge in [-0.1, -0.05) is 235 Å². The minimum atomic E-state index is -0.201. The third-order valence-electron chi connectivity index (χ3n) is 12.5. The predicted molar refractivity (Wildman–Crippen MR) is 267 cm³/mol. The van der Waals surface area contributed by atoms with Gasteiger partial charge in [0, 0.05) is 10.8 Å². The van der Waals surface area contributed by atoms with Crippen LogP contribution in [0.25, 0.3) is 28.5 Å². The molecule has 1 unspecified atom stereocenters. The Hall–Kier alpha value is -5.98. The van der Waals surface area contributed by atoms with Gasteiger partial charge >= 0.3 is 0 Å². The Morgan fingerprint density at radius 3 is 1.88 bits per heavy atom. The summed E-state index contributed by atoms with van der Waals surface area (Å²) in [7, 11) is 0. The molecule has 0 saturated heterocycles. The van der Waals surface area contributed by atoms with Crippen LogP contribution in [0.4, 0.5) is 0 Å². The summed E-state index contributed by atoms with van der Waals surface area (Å²) in [5, 5.41) is 2.65. The zero-order valence-electron chi connectivity index (χ0n) is 37.6. The zero-order valence-corrected chi connectivity index (χ0v) is 37.6. The first-order valence-electron chi connectivity index (χ1n) is 21.8. The van der Waals surface area contributed by atoms with Crippen molar-refractivity contribution in [3.8, 4) is 0 Å². The largest absolute Gasteiger partial charge is 0.0985 e. The van der Waals surface area contributed by atoms with Crippen LogP contribution < -0.4 is 0 Å². The normalized spacial score (nSPS) is 13.7. The summed E-state index contributed by atoms with van der Waals surface area (Å²) in [4.78, 5) is 0. The molecule has 0 spiro atoms. The summed E-state index contributed by atoms with van der Waals surface area (Å²) < 4.78 is 0. The fraction of sp³-hybridized carbons (Fsp3) is 0.233. The van der Waals surface area contributed by atoms with Crippen molar-refractivity contribution in [3.05, 3.63) is 244 Å². The van der Waals surface area contributed by atoms with E-state index in [1.54, 1.807) is 0 Å². The monoisotopic (exact) mass is 787 g/mol. The van der Waals surface area contributed by atoms with Gasteiger partial charge in [-0.15, -0.1) is 0 Å². The minimum absolute atomic E-state index is 0.0873. The van der Waals surface area contributed by atoms with Crippen molar-refractivity contribution in [1.29, 1.82) is 0 Å². The molecule has 306 valence electrons. The molecule has 0 fully saturated rings. The van der Waals surface area contributed by atoms with Gasteiger partial charge in [-0.3, -0.25) is 0 Å². The van der Waals surface area contributed by atoms with Crippen LogP contribution in [0.15, 0.2) is 194 Å². The summed E-state index contributed by atoms with van der Waals surface area (Å²) in [6, 6.07) is 49.1. The van der Waals surface area contributed by atoms with Gasteiger partial charge in [-0.2, -0.15) is 0 Å². The maximum Gasteiger partial charge on any atom is 0.0149 e. The van der Waals surface area contributed by atoms with Crippen LogP contribution in [0.3, 0.4) is 0 Å². The molecule has 1 aliphatic rings. The summed E-state index contributed by atoms with van der Waals surface area (Å²) in [6.45, 7) is 26.6. The molecule has 6 aromatic rings. The van der Waals surface area contributed by atoms with Crippen molar-refractivity contribution in [2.45, 2.75) is 91.9 Å². The Bertz CT molecular complexity index is 2470. The average Bonchev–Trinajstić information content (AvgIpc) is 3.29. The highest BCUT2D eigenvalue weighted by atomic mass is 14.3. The fourth-order valence-electron chi connectivity index (χ4n) is 8.35. The van der Waals surface area contributed by atoms with Crippen LogP contribution in [-0.4, -0.2) is 0 Å². The second-order valence-electron chi connectivity index (χ2n) is 16.7. The van der Waals surface area contributed by atoms with Crippen molar-refractivity contribution in [2.75, 3.05) is 0 Å². The van der Waals surface area contributed by atoms with Gasteiger partial charge in [0.2, 0.25) is 0 Å². The van der Waals surface area contributed by atoms with Crippen molar-refractivity contribution in [1.82, 2.24) is 0 Å². The Kier molecular flexibility index (Phi) is 16.0. The Morgan fingerprint density at radius 1 is 0.667 bits per heavy atom. The number of benzene rings is 6.